The maximum atomic E-state index is 12.3. The van der Waals surface area contributed by atoms with E-state index in [1.807, 2.05) is 0 Å². The minimum Gasteiger partial charge on any atom is -0.496 e. The van der Waals surface area contributed by atoms with Gasteiger partial charge in [0.2, 0.25) is 5.91 Å². The molecule has 0 saturated heterocycles. The summed E-state index contributed by atoms with van der Waals surface area (Å²) >= 11 is 5.05. The van der Waals surface area contributed by atoms with Crippen LogP contribution in [0.15, 0.2) is 48.5 Å². The fourth-order valence-electron chi connectivity index (χ4n) is 2.04. The topological polar surface area (TPSA) is 79.5 Å². The van der Waals surface area contributed by atoms with Crippen molar-refractivity contribution in [2.45, 2.75) is 13.3 Å². The second kappa shape index (κ2) is 8.79. The number of benzene rings is 2. The Morgan fingerprint density at radius 3 is 2.20 bits per heavy atom. The van der Waals surface area contributed by atoms with E-state index in [1.54, 1.807) is 55.5 Å². The zero-order valence-electron chi connectivity index (χ0n) is 14.0. The molecule has 0 aromatic heterocycles. The Hall–Kier alpha value is -2.93. The lowest BCUT2D eigenvalue weighted by atomic mass is 10.2. The van der Waals surface area contributed by atoms with Crippen molar-refractivity contribution in [1.82, 2.24) is 5.32 Å². The summed E-state index contributed by atoms with van der Waals surface area (Å²) in [6.45, 7) is 1.75. The number of hydrogen-bond acceptors (Lipinski definition) is 4. The highest BCUT2D eigenvalue weighted by atomic mass is 32.1. The predicted molar refractivity (Wildman–Crippen MR) is 102 cm³/mol. The SMILES string of the molecule is CCC(=O)NC(=S)Nc1ccc(NC(=O)c2ccccc2OC)cc1. The Labute approximate surface area is 151 Å². The minimum atomic E-state index is -0.260. The molecule has 3 N–H and O–H groups in total. The largest absolute Gasteiger partial charge is 0.496 e. The molecular weight excluding hydrogens is 338 g/mol. The molecule has 2 rings (SSSR count). The molecule has 0 aliphatic rings. The lowest BCUT2D eigenvalue weighted by molar-refractivity contribution is -0.119. The third-order valence-corrected chi connectivity index (χ3v) is 3.53. The molecule has 0 spiro atoms. The molecule has 0 atom stereocenters. The van der Waals surface area contributed by atoms with E-state index in [0.717, 1.165) is 0 Å². The van der Waals surface area contributed by atoms with Gasteiger partial charge in [-0.15, -0.1) is 0 Å². The molecule has 0 heterocycles. The first-order valence-corrected chi connectivity index (χ1v) is 8.09. The predicted octanol–water partition coefficient (Wildman–Crippen LogP) is 3.17. The van der Waals surface area contributed by atoms with Crippen molar-refractivity contribution >= 4 is 40.5 Å². The number of para-hydroxylation sites is 1. The molecule has 0 radical (unpaired) electrons. The quantitative estimate of drug-likeness (QED) is 0.716. The molecule has 0 saturated carbocycles. The summed E-state index contributed by atoms with van der Waals surface area (Å²) < 4.78 is 5.19. The van der Waals surface area contributed by atoms with Gasteiger partial charge >= 0.3 is 0 Å². The van der Waals surface area contributed by atoms with Crippen molar-refractivity contribution in [3.05, 3.63) is 54.1 Å². The smallest absolute Gasteiger partial charge is 0.259 e. The monoisotopic (exact) mass is 357 g/mol. The average Bonchev–Trinajstić information content (AvgIpc) is 2.63. The number of carbonyl (C=O) groups excluding carboxylic acids is 2. The van der Waals surface area contributed by atoms with Crippen molar-refractivity contribution in [3.8, 4) is 5.75 Å². The van der Waals surface area contributed by atoms with E-state index in [1.165, 1.54) is 7.11 Å². The molecule has 7 heteroatoms. The van der Waals surface area contributed by atoms with Crippen LogP contribution in [0.5, 0.6) is 5.75 Å². The third kappa shape index (κ3) is 5.29. The minimum absolute atomic E-state index is 0.154. The summed E-state index contributed by atoms with van der Waals surface area (Å²) in [6, 6.07) is 14.0. The van der Waals surface area contributed by atoms with Crippen molar-refractivity contribution in [2.24, 2.45) is 0 Å². The molecule has 2 aromatic carbocycles. The van der Waals surface area contributed by atoms with Gasteiger partial charge in [-0.05, 0) is 48.6 Å². The summed E-state index contributed by atoms with van der Waals surface area (Å²) in [5.41, 5.74) is 1.79. The number of ether oxygens (including phenoxy) is 1. The maximum Gasteiger partial charge on any atom is 0.259 e. The highest BCUT2D eigenvalue weighted by Gasteiger charge is 2.11. The molecule has 25 heavy (non-hydrogen) atoms. The van der Waals surface area contributed by atoms with Crippen LogP contribution in [0.1, 0.15) is 23.7 Å². The van der Waals surface area contributed by atoms with Crippen LogP contribution in [0.4, 0.5) is 11.4 Å². The lowest BCUT2D eigenvalue weighted by Crippen LogP contribution is -2.33. The molecule has 6 nitrogen and oxygen atoms in total. The summed E-state index contributed by atoms with van der Waals surface area (Å²) in [4.78, 5) is 23.6. The third-order valence-electron chi connectivity index (χ3n) is 3.33. The van der Waals surface area contributed by atoms with E-state index in [9.17, 15) is 9.59 Å². The number of rotatable bonds is 5. The molecule has 2 aromatic rings. The van der Waals surface area contributed by atoms with Crippen molar-refractivity contribution < 1.29 is 14.3 Å². The molecule has 130 valence electrons. The number of anilines is 2. The fraction of sp³-hybridized carbons (Fsp3) is 0.167. The molecule has 0 fully saturated rings. The lowest BCUT2D eigenvalue weighted by Gasteiger charge is -2.11. The second-order valence-corrected chi connectivity index (χ2v) is 5.50. The van der Waals surface area contributed by atoms with Gasteiger partial charge in [0.15, 0.2) is 5.11 Å². The molecule has 0 bridgehead atoms. The van der Waals surface area contributed by atoms with Gasteiger partial charge in [0.25, 0.3) is 5.91 Å². The van der Waals surface area contributed by atoms with Crippen molar-refractivity contribution in [2.75, 3.05) is 17.7 Å². The van der Waals surface area contributed by atoms with E-state index in [0.29, 0.717) is 29.1 Å². The van der Waals surface area contributed by atoms with Crippen LogP contribution in [0.2, 0.25) is 0 Å². The zero-order valence-corrected chi connectivity index (χ0v) is 14.8. The van der Waals surface area contributed by atoms with Crippen LogP contribution < -0.4 is 20.7 Å². The van der Waals surface area contributed by atoms with Crippen LogP contribution >= 0.6 is 12.2 Å². The summed E-state index contributed by atoms with van der Waals surface area (Å²) in [5.74, 6) is 0.0948. The van der Waals surface area contributed by atoms with Crippen LogP contribution in [0.25, 0.3) is 0 Å². The van der Waals surface area contributed by atoms with Gasteiger partial charge in [-0.2, -0.15) is 0 Å². The van der Waals surface area contributed by atoms with Crippen LogP contribution in [-0.4, -0.2) is 24.0 Å². The van der Waals surface area contributed by atoms with E-state index in [4.69, 9.17) is 17.0 Å². The summed E-state index contributed by atoms with van der Waals surface area (Å²) in [5, 5.41) is 8.50. The van der Waals surface area contributed by atoms with Crippen LogP contribution in [0.3, 0.4) is 0 Å². The highest BCUT2D eigenvalue weighted by molar-refractivity contribution is 7.80. The Morgan fingerprint density at radius 1 is 1.00 bits per heavy atom. The number of thiocarbonyl (C=S) groups is 1. The zero-order chi connectivity index (χ0) is 18.2. The first-order valence-electron chi connectivity index (χ1n) is 7.68. The first-order chi connectivity index (χ1) is 12.0. The molecule has 0 aliphatic carbocycles. The normalized spacial score (nSPS) is 9.84. The van der Waals surface area contributed by atoms with E-state index < -0.39 is 0 Å². The number of amides is 2. The number of nitrogens with one attached hydrogen (secondary N) is 3. The summed E-state index contributed by atoms with van der Waals surface area (Å²) in [6.07, 6.45) is 0.357. The van der Waals surface area contributed by atoms with Crippen LogP contribution in [-0.2, 0) is 4.79 Å². The van der Waals surface area contributed by atoms with Crippen molar-refractivity contribution in [1.29, 1.82) is 0 Å². The molecule has 0 aliphatic heterocycles. The first kappa shape index (κ1) is 18.4. The van der Waals surface area contributed by atoms with Gasteiger partial charge < -0.3 is 20.7 Å². The van der Waals surface area contributed by atoms with Gasteiger partial charge in [-0.3, -0.25) is 9.59 Å². The summed E-state index contributed by atoms with van der Waals surface area (Å²) in [7, 11) is 1.52. The molecular formula is C18H19N3O3S. The molecule has 2 amide bonds. The highest BCUT2D eigenvalue weighted by Crippen LogP contribution is 2.20. The number of hydrogen-bond donors (Lipinski definition) is 3. The van der Waals surface area contributed by atoms with Gasteiger partial charge in [0, 0.05) is 17.8 Å². The van der Waals surface area contributed by atoms with Gasteiger partial charge in [-0.25, -0.2) is 0 Å². The standard InChI is InChI=1S/C18H19N3O3S/c1-3-16(22)21-18(25)20-13-10-8-12(9-11-13)19-17(23)14-6-4-5-7-15(14)24-2/h4-11H,3H2,1-2H3,(H,19,23)(H2,20,21,22,25). The van der Waals surface area contributed by atoms with E-state index in [-0.39, 0.29) is 16.9 Å². The van der Waals surface area contributed by atoms with Gasteiger partial charge in [0.1, 0.15) is 5.75 Å². The maximum absolute atomic E-state index is 12.3. The number of methoxy groups -OCH3 is 1. The Balaban J connectivity index is 1.99. The fourth-order valence-corrected chi connectivity index (χ4v) is 2.28. The Kier molecular flexibility index (Phi) is 6.47. The number of carbonyl (C=O) groups is 2. The van der Waals surface area contributed by atoms with E-state index in [2.05, 4.69) is 16.0 Å². The van der Waals surface area contributed by atoms with Gasteiger partial charge in [-0.1, -0.05) is 19.1 Å². The van der Waals surface area contributed by atoms with Gasteiger partial charge in [0.05, 0.1) is 12.7 Å². The Bertz CT molecular complexity index is 775. The second-order valence-electron chi connectivity index (χ2n) is 5.09. The molecule has 0 unspecified atom stereocenters. The van der Waals surface area contributed by atoms with Crippen molar-refractivity contribution in [3.63, 3.8) is 0 Å². The van der Waals surface area contributed by atoms with Crippen LogP contribution in [0, 0.1) is 0 Å². The average molecular weight is 357 g/mol. The Morgan fingerprint density at radius 2 is 1.60 bits per heavy atom. The van der Waals surface area contributed by atoms with E-state index >= 15 is 0 Å².